The van der Waals surface area contributed by atoms with Crippen molar-refractivity contribution in [2.45, 2.75) is 69.9 Å². The summed E-state index contributed by atoms with van der Waals surface area (Å²) in [5.41, 5.74) is 1.49. The number of aryl methyl sites for hydroxylation is 1. The Bertz CT molecular complexity index is 688. The van der Waals surface area contributed by atoms with Gasteiger partial charge in [-0.15, -0.1) is 0 Å². The Morgan fingerprint density at radius 2 is 1.72 bits per heavy atom. The molecule has 4 rings (SSSR count). The van der Waals surface area contributed by atoms with Gasteiger partial charge in [-0.3, -0.25) is 4.90 Å². The Balaban J connectivity index is 1.35. The number of fused-ring (bicyclic) bond motifs is 3. The highest BCUT2D eigenvalue weighted by Gasteiger charge is 2.32. The van der Waals surface area contributed by atoms with E-state index >= 15 is 0 Å². The molecule has 0 N–H and O–H groups in total. The number of hydrogen-bond acceptors (Lipinski definition) is 2. The minimum absolute atomic E-state index is 0.900. The van der Waals surface area contributed by atoms with Crippen LogP contribution in [0.3, 0.4) is 0 Å². The van der Waals surface area contributed by atoms with Crippen LogP contribution in [0.1, 0.15) is 56.9 Å². The van der Waals surface area contributed by atoms with E-state index in [9.17, 15) is 0 Å². The van der Waals surface area contributed by atoms with Crippen molar-refractivity contribution in [2.75, 3.05) is 13.7 Å². The predicted molar refractivity (Wildman–Crippen MR) is 105 cm³/mol. The maximum Gasteiger partial charge on any atom is 0.119 e. The molecule has 2 aliphatic heterocycles. The van der Waals surface area contributed by atoms with Crippen molar-refractivity contribution in [3.05, 3.63) is 42.0 Å². The molecule has 2 aromatic rings. The van der Waals surface area contributed by atoms with Gasteiger partial charge in [0.25, 0.3) is 0 Å². The van der Waals surface area contributed by atoms with Crippen LogP contribution >= 0.6 is 0 Å². The first-order valence-corrected chi connectivity index (χ1v) is 10.2. The van der Waals surface area contributed by atoms with Gasteiger partial charge in [0.2, 0.25) is 0 Å². The lowest BCUT2D eigenvalue weighted by Gasteiger charge is -2.46. The van der Waals surface area contributed by atoms with E-state index in [4.69, 9.17) is 4.74 Å². The summed E-state index contributed by atoms with van der Waals surface area (Å²) in [4.78, 5) is 2.86. The summed E-state index contributed by atoms with van der Waals surface area (Å²) < 4.78 is 5.36. The van der Waals surface area contributed by atoms with E-state index in [1.165, 1.54) is 80.7 Å². The van der Waals surface area contributed by atoms with Crippen molar-refractivity contribution in [2.24, 2.45) is 0 Å². The minimum Gasteiger partial charge on any atom is -0.497 e. The first kappa shape index (κ1) is 16.9. The Morgan fingerprint density at radius 3 is 2.44 bits per heavy atom. The summed E-state index contributed by atoms with van der Waals surface area (Å²) in [6.45, 7) is 1.31. The monoisotopic (exact) mass is 337 g/mol. The van der Waals surface area contributed by atoms with Crippen molar-refractivity contribution < 1.29 is 4.74 Å². The zero-order valence-corrected chi connectivity index (χ0v) is 15.5. The molecule has 2 aromatic carbocycles. The minimum atomic E-state index is 0.900. The zero-order chi connectivity index (χ0) is 17.1. The van der Waals surface area contributed by atoms with E-state index < -0.39 is 0 Å². The second-order valence-corrected chi connectivity index (χ2v) is 7.87. The van der Waals surface area contributed by atoms with Gasteiger partial charge in [0.1, 0.15) is 5.75 Å². The molecule has 2 saturated heterocycles. The van der Waals surface area contributed by atoms with Gasteiger partial charge in [0, 0.05) is 12.1 Å². The van der Waals surface area contributed by atoms with Gasteiger partial charge < -0.3 is 4.74 Å². The molecule has 0 saturated carbocycles. The van der Waals surface area contributed by atoms with Gasteiger partial charge in [-0.25, -0.2) is 0 Å². The number of nitrogens with zero attached hydrogens (tertiary/aromatic N) is 1. The largest absolute Gasteiger partial charge is 0.497 e. The molecular formula is C23H31NO. The van der Waals surface area contributed by atoms with Crippen LogP contribution < -0.4 is 4.74 Å². The third-order valence-electron chi connectivity index (χ3n) is 6.38. The number of methoxy groups -OCH3 is 1. The van der Waals surface area contributed by atoms with E-state index in [1.54, 1.807) is 7.11 Å². The van der Waals surface area contributed by atoms with E-state index in [0.29, 0.717) is 0 Å². The molecule has 2 heteroatoms. The van der Waals surface area contributed by atoms with E-state index in [2.05, 4.69) is 41.3 Å². The molecule has 134 valence electrons. The quantitative estimate of drug-likeness (QED) is 0.638. The fraction of sp³-hybridized carbons (Fsp3) is 0.565. The highest BCUT2D eigenvalue weighted by Crippen LogP contribution is 2.34. The smallest absolute Gasteiger partial charge is 0.119 e. The third-order valence-corrected chi connectivity index (χ3v) is 6.38. The summed E-state index contributed by atoms with van der Waals surface area (Å²) in [6, 6.07) is 14.9. The van der Waals surface area contributed by atoms with Gasteiger partial charge in [-0.05, 0) is 80.0 Å². The molecular weight excluding hydrogens is 306 g/mol. The lowest BCUT2D eigenvalue weighted by Crippen LogP contribution is -2.49. The maximum absolute atomic E-state index is 5.36. The summed E-state index contributed by atoms with van der Waals surface area (Å²) in [5, 5.41) is 2.68. The van der Waals surface area contributed by atoms with Gasteiger partial charge in [-0.1, -0.05) is 37.1 Å². The van der Waals surface area contributed by atoms with Gasteiger partial charge in [0.05, 0.1) is 7.11 Å². The average Bonchev–Trinajstić information content (AvgIpc) is 2.64. The van der Waals surface area contributed by atoms with Crippen molar-refractivity contribution in [3.63, 3.8) is 0 Å². The lowest BCUT2D eigenvalue weighted by molar-refractivity contribution is 0.0392. The van der Waals surface area contributed by atoms with Gasteiger partial charge in [0.15, 0.2) is 0 Å². The lowest BCUT2D eigenvalue weighted by atomic mass is 9.84. The molecule has 0 amide bonds. The highest BCUT2D eigenvalue weighted by atomic mass is 16.5. The topological polar surface area (TPSA) is 12.5 Å². The second kappa shape index (κ2) is 7.78. The van der Waals surface area contributed by atoms with E-state index in [-0.39, 0.29) is 0 Å². The number of benzene rings is 2. The number of ether oxygens (including phenoxy) is 1. The zero-order valence-electron chi connectivity index (χ0n) is 15.5. The molecule has 2 aliphatic rings. The van der Waals surface area contributed by atoms with Crippen molar-refractivity contribution >= 4 is 10.8 Å². The molecule has 0 aliphatic carbocycles. The summed E-state index contributed by atoms with van der Waals surface area (Å²) in [5.74, 6) is 0.946. The maximum atomic E-state index is 5.36. The number of rotatable bonds is 6. The summed E-state index contributed by atoms with van der Waals surface area (Å²) >= 11 is 0. The van der Waals surface area contributed by atoms with Crippen molar-refractivity contribution in [1.29, 1.82) is 0 Å². The van der Waals surface area contributed by atoms with Crippen LogP contribution in [-0.4, -0.2) is 30.6 Å². The van der Waals surface area contributed by atoms with Crippen LogP contribution in [0.5, 0.6) is 5.75 Å². The third kappa shape index (κ3) is 3.69. The Morgan fingerprint density at radius 1 is 0.960 bits per heavy atom. The molecule has 25 heavy (non-hydrogen) atoms. The number of unbranched alkanes of at least 4 members (excludes halogenated alkanes) is 1. The Labute approximate surface area is 152 Å². The molecule has 2 heterocycles. The van der Waals surface area contributed by atoms with Crippen LogP contribution in [0.4, 0.5) is 0 Å². The fourth-order valence-electron chi connectivity index (χ4n) is 5.08. The molecule has 0 aromatic heterocycles. The second-order valence-electron chi connectivity index (χ2n) is 7.87. The summed E-state index contributed by atoms with van der Waals surface area (Å²) in [7, 11) is 1.74. The van der Waals surface area contributed by atoms with Gasteiger partial charge >= 0.3 is 0 Å². The Kier molecular flexibility index (Phi) is 5.26. The highest BCUT2D eigenvalue weighted by molar-refractivity contribution is 5.87. The SMILES string of the molecule is COc1ccc2c(CCCCN3C4CCCC3CCC4)cccc2c1. The normalized spacial score (nSPS) is 23.7. The standard InChI is InChI=1S/C23H31NO/c1-25-22-14-15-23-18(8-4-9-19(23)17-22)7-2-3-16-24-20-10-5-11-21(24)13-6-12-20/h4,8-9,14-15,17,20-21H,2-3,5-7,10-13,16H2,1H3. The van der Waals surface area contributed by atoms with Crippen molar-refractivity contribution in [1.82, 2.24) is 4.90 Å². The van der Waals surface area contributed by atoms with E-state index in [1.807, 2.05) is 0 Å². The number of hydrogen-bond donors (Lipinski definition) is 0. The fourth-order valence-corrected chi connectivity index (χ4v) is 5.08. The molecule has 0 unspecified atom stereocenters. The van der Waals surface area contributed by atoms with Crippen LogP contribution in [0.15, 0.2) is 36.4 Å². The molecule has 2 nitrogen and oxygen atoms in total. The van der Waals surface area contributed by atoms with Crippen LogP contribution in [0.2, 0.25) is 0 Å². The van der Waals surface area contributed by atoms with E-state index in [0.717, 1.165) is 17.8 Å². The first-order valence-electron chi connectivity index (χ1n) is 10.2. The van der Waals surface area contributed by atoms with Crippen molar-refractivity contribution in [3.8, 4) is 5.75 Å². The predicted octanol–water partition coefficient (Wildman–Crippen LogP) is 5.58. The Hall–Kier alpha value is -1.54. The molecule has 0 radical (unpaired) electrons. The summed E-state index contributed by atoms with van der Waals surface area (Å²) in [6.07, 6.45) is 12.5. The van der Waals surface area contributed by atoms with Crippen LogP contribution in [-0.2, 0) is 6.42 Å². The first-order chi connectivity index (χ1) is 12.3. The molecule has 2 fully saturated rings. The number of piperidine rings is 2. The molecule has 0 spiro atoms. The average molecular weight is 338 g/mol. The van der Waals surface area contributed by atoms with Crippen LogP contribution in [0.25, 0.3) is 10.8 Å². The van der Waals surface area contributed by atoms with Crippen LogP contribution in [0, 0.1) is 0 Å². The molecule has 0 atom stereocenters. The van der Waals surface area contributed by atoms with Gasteiger partial charge in [-0.2, -0.15) is 0 Å². The molecule has 2 bridgehead atoms.